The maximum Gasteiger partial charge on any atom is 0.235 e. The lowest BCUT2D eigenvalue weighted by molar-refractivity contribution is -0.123. The van der Waals surface area contributed by atoms with Crippen LogP contribution in [0.3, 0.4) is 0 Å². The van der Waals surface area contributed by atoms with Crippen LogP contribution in [0, 0.1) is 17.2 Å². The summed E-state index contributed by atoms with van der Waals surface area (Å²) in [5, 5.41) is 12.0. The minimum atomic E-state index is -0.824. The molecule has 114 valence electrons. The first-order chi connectivity index (χ1) is 9.76. The first kappa shape index (κ1) is 17.7. The van der Waals surface area contributed by atoms with E-state index in [1.165, 1.54) is 0 Å². The average Bonchev–Trinajstić information content (AvgIpc) is 2.40. The molecule has 0 saturated carbocycles. The zero-order chi connectivity index (χ0) is 16.0. The molecule has 0 saturated heterocycles. The molecule has 1 atom stereocenters. The van der Waals surface area contributed by atoms with Gasteiger partial charge in [-0.25, -0.2) is 0 Å². The summed E-state index contributed by atoms with van der Waals surface area (Å²) in [6, 6.07) is 10.2. The quantitative estimate of drug-likeness (QED) is 0.857. The summed E-state index contributed by atoms with van der Waals surface area (Å²) in [5.74, 6) is -0.0735. The molecule has 21 heavy (non-hydrogen) atoms. The van der Waals surface area contributed by atoms with Gasteiger partial charge in [-0.05, 0) is 37.6 Å². The normalized spacial score (nSPS) is 13.8. The van der Waals surface area contributed by atoms with Crippen molar-refractivity contribution >= 4 is 21.8 Å². The van der Waals surface area contributed by atoms with Gasteiger partial charge in [-0.2, -0.15) is 5.26 Å². The molecule has 1 aromatic rings. The van der Waals surface area contributed by atoms with E-state index in [4.69, 9.17) is 0 Å². The van der Waals surface area contributed by atoms with Gasteiger partial charge < -0.3 is 5.32 Å². The van der Waals surface area contributed by atoms with Gasteiger partial charge in [-0.15, -0.1) is 0 Å². The number of carbonyl (C=O) groups is 1. The van der Waals surface area contributed by atoms with Gasteiger partial charge in [0.1, 0.15) is 5.54 Å². The van der Waals surface area contributed by atoms with Crippen molar-refractivity contribution in [3.63, 3.8) is 0 Å². The second kappa shape index (κ2) is 7.58. The zero-order valence-electron chi connectivity index (χ0n) is 13.0. The van der Waals surface area contributed by atoms with Crippen molar-refractivity contribution in [3.8, 4) is 6.07 Å². The van der Waals surface area contributed by atoms with Crippen molar-refractivity contribution in [2.45, 2.75) is 32.9 Å². The van der Waals surface area contributed by atoms with E-state index in [9.17, 15) is 10.1 Å². The Morgan fingerprint density at radius 1 is 1.43 bits per heavy atom. The number of hydrogen-bond acceptors (Lipinski definition) is 3. The number of carbonyl (C=O) groups excluding carboxylic acids is 1. The first-order valence-electron chi connectivity index (χ1n) is 6.92. The Bertz CT molecular complexity index is 521. The molecule has 5 heteroatoms. The number of benzene rings is 1. The van der Waals surface area contributed by atoms with E-state index in [0.717, 1.165) is 10.0 Å². The highest BCUT2D eigenvalue weighted by atomic mass is 79.9. The number of halogens is 1. The molecule has 0 spiro atoms. The monoisotopic (exact) mass is 351 g/mol. The van der Waals surface area contributed by atoms with Crippen molar-refractivity contribution in [1.82, 2.24) is 10.2 Å². The fourth-order valence-corrected chi connectivity index (χ4v) is 2.10. The number of likely N-dealkylation sites (N-methyl/N-ethyl adjacent to an activating group) is 1. The second-order valence-electron chi connectivity index (χ2n) is 5.82. The Morgan fingerprint density at radius 2 is 2.00 bits per heavy atom. The Balaban J connectivity index is 2.55. The molecule has 0 bridgehead atoms. The fourth-order valence-electron chi connectivity index (χ4n) is 1.83. The summed E-state index contributed by atoms with van der Waals surface area (Å²) >= 11 is 3.40. The third-order valence-electron chi connectivity index (χ3n) is 3.57. The van der Waals surface area contributed by atoms with Crippen LogP contribution in [-0.4, -0.2) is 29.9 Å². The zero-order valence-corrected chi connectivity index (χ0v) is 14.6. The van der Waals surface area contributed by atoms with Gasteiger partial charge >= 0.3 is 0 Å². The van der Waals surface area contributed by atoms with Gasteiger partial charge in [0.15, 0.2) is 0 Å². The second-order valence-corrected chi connectivity index (χ2v) is 6.73. The SMILES string of the molecule is CC(C)[C@@](C)(C#N)NC(=O)CN(C)Cc1ccc(Br)cc1. The van der Waals surface area contributed by atoms with Crippen LogP contribution in [-0.2, 0) is 11.3 Å². The number of nitrogens with one attached hydrogen (secondary N) is 1. The molecule has 0 aromatic heterocycles. The van der Waals surface area contributed by atoms with E-state index in [1.807, 2.05) is 50.1 Å². The highest BCUT2D eigenvalue weighted by Gasteiger charge is 2.30. The predicted octanol–water partition coefficient (Wildman–Crippen LogP) is 2.94. The predicted molar refractivity (Wildman–Crippen MR) is 87.5 cm³/mol. The van der Waals surface area contributed by atoms with Gasteiger partial charge in [0.2, 0.25) is 5.91 Å². The largest absolute Gasteiger partial charge is 0.337 e. The molecule has 0 heterocycles. The molecule has 4 nitrogen and oxygen atoms in total. The van der Waals surface area contributed by atoms with Crippen molar-refractivity contribution < 1.29 is 4.79 Å². The molecule has 0 fully saturated rings. The van der Waals surface area contributed by atoms with E-state index < -0.39 is 5.54 Å². The third kappa shape index (κ3) is 5.49. The number of nitriles is 1. The number of nitrogens with zero attached hydrogens (tertiary/aromatic N) is 2. The lowest BCUT2D eigenvalue weighted by atomic mass is 9.90. The molecular weight excluding hydrogens is 330 g/mol. The molecule has 0 unspecified atom stereocenters. The summed E-state index contributed by atoms with van der Waals surface area (Å²) < 4.78 is 1.04. The molecule has 1 N–H and O–H groups in total. The van der Waals surface area contributed by atoms with E-state index in [2.05, 4.69) is 27.3 Å². The van der Waals surface area contributed by atoms with Crippen LogP contribution in [0.15, 0.2) is 28.7 Å². The molecule has 0 aliphatic carbocycles. The maximum atomic E-state index is 12.1. The first-order valence-corrected chi connectivity index (χ1v) is 7.71. The van der Waals surface area contributed by atoms with Crippen LogP contribution < -0.4 is 5.32 Å². The summed E-state index contributed by atoms with van der Waals surface area (Å²) in [4.78, 5) is 14.0. The summed E-state index contributed by atoms with van der Waals surface area (Å²) in [6.07, 6.45) is 0. The molecule has 1 rings (SSSR count). The van der Waals surface area contributed by atoms with Crippen LogP contribution in [0.2, 0.25) is 0 Å². The lowest BCUT2D eigenvalue weighted by Crippen LogP contribution is -2.51. The topological polar surface area (TPSA) is 56.1 Å². The van der Waals surface area contributed by atoms with E-state index >= 15 is 0 Å². The van der Waals surface area contributed by atoms with Gasteiger partial charge in [-0.3, -0.25) is 9.69 Å². The highest BCUT2D eigenvalue weighted by molar-refractivity contribution is 9.10. The molecule has 1 aromatic carbocycles. The smallest absolute Gasteiger partial charge is 0.235 e. The molecule has 0 radical (unpaired) electrons. The van der Waals surface area contributed by atoms with Crippen LogP contribution in [0.1, 0.15) is 26.3 Å². The van der Waals surface area contributed by atoms with Gasteiger partial charge in [0.05, 0.1) is 12.6 Å². The number of rotatable bonds is 6. The van der Waals surface area contributed by atoms with E-state index in [1.54, 1.807) is 6.92 Å². The number of hydrogen-bond donors (Lipinski definition) is 1. The van der Waals surface area contributed by atoms with Crippen LogP contribution >= 0.6 is 15.9 Å². The fraction of sp³-hybridized carbons (Fsp3) is 0.500. The van der Waals surface area contributed by atoms with E-state index in [-0.39, 0.29) is 18.4 Å². The summed E-state index contributed by atoms with van der Waals surface area (Å²) in [7, 11) is 1.89. The van der Waals surface area contributed by atoms with Crippen molar-refractivity contribution in [2.24, 2.45) is 5.92 Å². The third-order valence-corrected chi connectivity index (χ3v) is 4.09. The Morgan fingerprint density at radius 3 is 2.48 bits per heavy atom. The van der Waals surface area contributed by atoms with Crippen LogP contribution in [0.25, 0.3) is 0 Å². The molecule has 0 aliphatic rings. The number of amides is 1. The van der Waals surface area contributed by atoms with Crippen molar-refractivity contribution in [2.75, 3.05) is 13.6 Å². The molecule has 0 aliphatic heterocycles. The Hall–Kier alpha value is -1.38. The minimum absolute atomic E-state index is 0.0585. The van der Waals surface area contributed by atoms with Crippen LogP contribution in [0.5, 0.6) is 0 Å². The summed E-state index contributed by atoms with van der Waals surface area (Å²) in [6.45, 7) is 6.56. The van der Waals surface area contributed by atoms with E-state index in [0.29, 0.717) is 6.54 Å². The van der Waals surface area contributed by atoms with Crippen molar-refractivity contribution in [1.29, 1.82) is 5.26 Å². The Labute approximate surface area is 135 Å². The lowest BCUT2D eigenvalue weighted by Gasteiger charge is -2.28. The minimum Gasteiger partial charge on any atom is -0.337 e. The van der Waals surface area contributed by atoms with Gasteiger partial charge in [0, 0.05) is 11.0 Å². The molecular formula is C16H22BrN3O. The molecule has 1 amide bonds. The van der Waals surface area contributed by atoms with Crippen LogP contribution in [0.4, 0.5) is 0 Å². The average molecular weight is 352 g/mol. The Kier molecular flexibility index (Phi) is 6.38. The maximum absolute atomic E-state index is 12.1. The van der Waals surface area contributed by atoms with Gasteiger partial charge in [0.25, 0.3) is 0 Å². The summed E-state index contributed by atoms with van der Waals surface area (Å²) in [5.41, 5.74) is 0.315. The standard InChI is InChI=1S/C16H22BrN3O/c1-12(2)16(3,11-18)19-15(21)10-20(4)9-13-5-7-14(17)8-6-13/h5-8,12H,9-10H2,1-4H3,(H,19,21)/t16-/m1/s1. The van der Waals surface area contributed by atoms with Gasteiger partial charge in [-0.1, -0.05) is 41.9 Å². The highest BCUT2D eigenvalue weighted by Crippen LogP contribution is 2.15. The van der Waals surface area contributed by atoms with Crippen molar-refractivity contribution in [3.05, 3.63) is 34.3 Å².